The van der Waals surface area contributed by atoms with Crippen molar-refractivity contribution in [2.24, 2.45) is 0 Å². The topological polar surface area (TPSA) is 62.6 Å². The second kappa shape index (κ2) is 7.15. The summed E-state index contributed by atoms with van der Waals surface area (Å²) in [6, 6.07) is 14.7. The first kappa shape index (κ1) is 17.1. The number of carbonyl (C=O) groups excluding carboxylic acids is 1. The number of aromatic nitrogens is 2. The molecule has 0 saturated carbocycles. The number of carbonyl (C=O) groups is 1. The van der Waals surface area contributed by atoms with Crippen LogP contribution in [-0.2, 0) is 6.42 Å². The lowest BCUT2D eigenvalue weighted by atomic mass is 10.2. The number of nitrogens with zero attached hydrogens (tertiary/aromatic N) is 2. The second-order valence-electron chi connectivity index (χ2n) is 6.38. The van der Waals surface area contributed by atoms with Crippen LogP contribution in [0, 0.1) is 6.92 Å². The van der Waals surface area contributed by atoms with Crippen molar-refractivity contribution in [3.8, 4) is 23.1 Å². The Hall–Kier alpha value is -3.28. The second-order valence-corrected chi connectivity index (χ2v) is 6.38. The van der Waals surface area contributed by atoms with Crippen molar-refractivity contribution in [3.63, 3.8) is 0 Å². The smallest absolute Gasteiger partial charge is 0.344 e. The minimum absolute atomic E-state index is 0.161. The molecule has 0 amide bonds. The van der Waals surface area contributed by atoms with Crippen molar-refractivity contribution in [1.29, 1.82) is 0 Å². The van der Waals surface area contributed by atoms with Gasteiger partial charge in [-0.25, -0.2) is 9.48 Å². The highest BCUT2D eigenvalue weighted by Crippen LogP contribution is 2.33. The number of esters is 1. The van der Waals surface area contributed by atoms with Gasteiger partial charge in [-0.05, 0) is 43.2 Å². The maximum Gasteiger partial charge on any atom is 0.344 e. The number of aryl methyl sites for hydroxylation is 2. The third-order valence-electron chi connectivity index (χ3n) is 4.38. The Balaban J connectivity index is 1.66. The number of para-hydroxylation sites is 1. The molecule has 0 spiro atoms. The zero-order valence-corrected chi connectivity index (χ0v) is 15.3. The first-order chi connectivity index (χ1) is 13.2. The highest BCUT2D eigenvalue weighted by Gasteiger charge is 2.20. The van der Waals surface area contributed by atoms with Gasteiger partial charge >= 0.3 is 5.97 Å². The molecule has 0 saturated heterocycles. The molecule has 4 rings (SSSR count). The molecule has 1 aromatic heterocycles. The maximum absolute atomic E-state index is 12.7. The van der Waals surface area contributed by atoms with Gasteiger partial charge in [0.1, 0.15) is 0 Å². The Bertz CT molecular complexity index is 994. The van der Waals surface area contributed by atoms with Crippen molar-refractivity contribution in [1.82, 2.24) is 9.78 Å². The first-order valence-electron chi connectivity index (χ1n) is 8.92. The predicted molar refractivity (Wildman–Crippen MR) is 99.8 cm³/mol. The van der Waals surface area contributed by atoms with Gasteiger partial charge in [0.15, 0.2) is 11.5 Å². The summed E-state index contributed by atoms with van der Waals surface area (Å²) in [5, 5.41) is 4.63. The summed E-state index contributed by atoms with van der Waals surface area (Å²) in [5.41, 5.74) is 3.21. The van der Waals surface area contributed by atoms with Gasteiger partial charge in [0.2, 0.25) is 12.7 Å². The molecule has 0 atom stereocenters. The molecule has 0 radical (unpaired) electrons. The number of rotatable bonds is 5. The van der Waals surface area contributed by atoms with E-state index >= 15 is 0 Å². The molecule has 0 N–H and O–H groups in total. The largest absolute Gasteiger partial charge is 0.454 e. The average Bonchev–Trinajstić information content (AvgIpc) is 3.28. The molecule has 6 heteroatoms. The summed E-state index contributed by atoms with van der Waals surface area (Å²) in [4.78, 5) is 12.7. The van der Waals surface area contributed by atoms with Crippen LogP contribution in [0.3, 0.4) is 0 Å². The predicted octanol–water partition coefficient (Wildman–Crippen LogP) is 4.08. The van der Waals surface area contributed by atoms with Gasteiger partial charge < -0.3 is 14.2 Å². The van der Waals surface area contributed by atoms with Gasteiger partial charge in [-0.1, -0.05) is 31.5 Å². The Morgan fingerprint density at radius 1 is 1.15 bits per heavy atom. The van der Waals surface area contributed by atoms with E-state index in [1.165, 1.54) is 0 Å². The van der Waals surface area contributed by atoms with Crippen LogP contribution in [0.2, 0.25) is 0 Å². The van der Waals surface area contributed by atoms with Gasteiger partial charge in [0, 0.05) is 6.07 Å². The Morgan fingerprint density at radius 3 is 2.78 bits per heavy atom. The van der Waals surface area contributed by atoms with Gasteiger partial charge in [-0.2, -0.15) is 5.10 Å². The third-order valence-corrected chi connectivity index (χ3v) is 4.38. The molecule has 0 unspecified atom stereocenters. The Kier molecular flexibility index (Phi) is 4.54. The van der Waals surface area contributed by atoms with Crippen molar-refractivity contribution in [2.45, 2.75) is 26.7 Å². The van der Waals surface area contributed by atoms with Crippen LogP contribution in [0.5, 0.6) is 17.4 Å². The molecule has 2 aromatic carbocycles. The van der Waals surface area contributed by atoms with Gasteiger partial charge in [0.25, 0.3) is 0 Å². The number of hydrogen-bond donors (Lipinski definition) is 0. The lowest BCUT2D eigenvalue weighted by molar-refractivity contribution is 0.0722. The van der Waals surface area contributed by atoms with E-state index in [1.54, 1.807) is 22.9 Å². The van der Waals surface area contributed by atoms with Crippen molar-refractivity contribution in [2.75, 3.05) is 6.79 Å². The summed E-state index contributed by atoms with van der Waals surface area (Å²) in [6.45, 7) is 4.25. The molecule has 1 aliphatic heterocycles. The molecule has 0 aliphatic carbocycles. The van der Waals surface area contributed by atoms with E-state index in [9.17, 15) is 4.79 Å². The van der Waals surface area contributed by atoms with Crippen LogP contribution in [0.15, 0.2) is 48.5 Å². The minimum atomic E-state index is -0.467. The molecule has 6 nitrogen and oxygen atoms in total. The van der Waals surface area contributed by atoms with Crippen LogP contribution in [0.4, 0.5) is 0 Å². The molecule has 0 fully saturated rings. The first-order valence-corrected chi connectivity index (χ1v) is 8.92. The van der Waals surface area contributed by atoms with Gasteiger partial charge in [0.05, 0.1) is 16.9 Å². The average molecular weight is 364 g/mol. The van der Waals surface area contributed by atoms with Crippen molar-refractivity contribution < 1.29 is 19.0 Å². The fourth-order valence-electron chi connectivity index (χ4n) is 3.01. The summed E-state index contributed by atoms with van der Waals surface area (Å²) < 4.78 is 18.0. The number of ether oxygens (including phenoxy) is 3. The van der Waals surface area contributed by atoms with Crippen molar-refractivity contribution >= 4 is 5.97 Å². The highest BCUT2D eigenvalue weighted by atomic mass is 16.7. The fraction of sp³-hybridized carbons (Fsp3) is 0.238. The zero-order valence-electron chi connectivity index (χ0n) is 15.3. The van der Waals surface area contributed by atoms with E-state index in [4.69, 9.17) is 14.2 Å². The summed E-state index contributed by atoms with van der Waals surface area (Å²) in [7, 11) is 0. The van der Waals surface area contributed by atoms with Gasteiger partial charge in [-0.15, -0.1) is 0 Å². The maximum atomic E-state index is 12.7. The normalized spacial score (nSPS) is 12.2. The van der Waals surface area contributed by atoms with E-state index in [0.29, 0.717) is 22.9 Å². The van der Waals surface area contributed by atoms with Crippen molar-refractivity contribution in [3.05, 3.63) is 65.4 Å². The monoisotopic (exact) mass is 364 g/mol. The van der Waals surface area contributed by atoms with Crippen LogP contribution in [0.25, 0.3) is 5.69 Å². The number of fused-ring (bicyclic) bond motifs is 1. The van der Waals surface area contributed by atoms with Crippen LogP contribution in [0.1, 0.15) is 35.0 Å². The third kappa shape index (κ3) is 3.38. The lowest BCUT2D eigenvalue weighted by Crippen LogP contribution is -2.12. The molecular formula is C21H20N2O4. The molecule has 2 heterocycles. The van der Waals surface area contributed by atoms with E-state index in [-0.39, 0.29) is 6.79 Å². The molecule has 3 aromatic rings. The highest BCUT2D eigenvalue weighted by molar-refractivity contribution is 5.91. The molecule has 27 heavy (non-hydrogen) atoms. The van der Waals surface area contributed by atoms with E-state index < -0.39 is 5.97 Å². The van der Waals surface area contributed by atoms with Crippen LogP contribution < -0.4 is 14.2 Å². The SMILES string of the molecule is CCCc1cc(OC(=O)c2ccc3c(c2)OCO3)n(-c2ccccc2C)n1. The quantitative estimate of drug-likeness (QED) is 0.638. The van der Waals surface area contributed by atoms with Crippen LogP contribution in [-0.4, -0.2) is 22.5 Å². The summed E-state index contributed by atoms with van der Waals surface area (Å²) in [5.74, 6) is 1.10. The van der Waals surface area contributed by atoms with E-state index in [2.05, 4.69) is 12.0 Å². The zero-order chi connectivity index (χ0) is 18.8. The molecule has 0 bridgehead atoms. The standard InChI is InChI=1S/C21H20N2O4/c1-3-6-16-12-20(23(22-16)17-8-5-4-7-14(17)2)27-21(24)15-9-10-18-19(11-15)26-13-25-18/h4-5,7-12H,3,6,13H2,1-2H3. The lowest BCUT2D eigenvalue weighted by Gasteiger charge is -2.10. The Labute approximate surface area is 157 Å². The summed E-state index contributed by atoms with van der Waals surface area (Å²) in [6.07, 6.45) is 1.77. The van der Waals surface area contributed by atoms with E-state index in [1.807, 2.05) is 37.3 Å². The van der Waals surface area contributed by atoms with E-state index in [0.717, 1.165) is 29.8 Å². The molecule has 1 aliphatic rings. The van der Waals surface area contributed by atoms with Gasteiger partial charge in [-0.3, -0.25) is 0 Å². The summed E-state index contributed by atoms with van der Waals surface area (Å²) >= 11 is 0. The fourth-order valence-corrected chi connectivity index (χ4v) is 3.01. The van der Waals surface area contributed by atoms with Crippen LogP contribution >= 0.6 is 0 Å². The Morgan fingerprint density at radius 2 is 1.96 bits per heavy atom. The molecule has 138 valence electrons. The minimum Gasteiger partial charge on any atom is -0.454 e. The number of hydrogen-bond acceptors (Lipinski definition) is 5. The number of benzene rings is 2. The molecular weight excluding hydrogens is 344 g/mol.